The zero-order valence-corrected chi connectivity index (χ0v) is 9.70. The van der Waals surface area contributed by atoms with E-state index in [0.29, 0.717) is 18.1 Å². The minimum atomic E-state index is 0.448. The van der Waals surface area contributed by atoms with Crippen LogP contribution in [0.5, 0.6) is 0 Å². The molecule has 2 bridgehead atoms. The van der Waals surface area contributed by atoms with E-state index in [1.54, 1.807) is 0 Å². The van der Waals surface area contributed by atoms with Crippen LogP contribution in [0, 0.1) is 0 Å². The molecule has 78 valence electrons. The van der Waals surface area contributed by atoms with Crippen LogP contribution in [-0.4, -0.2) is 10.9 Å². The third kappa shape index (κ3) is 1.20. The predicted octanol–water partition coefficient (Wildman–Crippen LogP) is 3.72. The second kappa shape index (κ2) is 3.10. The molecule has 2 aliphatic rings. The van der Waals surface area contributed by atoms with E-state index < -0.39 is 0 Å². The summed E-state index contributed by atoms with van der Waals surface area (Å²) in [6, 6.07) is 7.77. The molecule has 2 heterocycles. The monoisotopic (exact) mass is 219 g/mol. The van der Waals surface area contributed by atoms with Gasteiger partial charge >= 0.3 is 0 Å². The molecule has 0 N–H and O–H groups in total. The van der Waals surface area contributed by atoms with Crippen LogP contribution in [0.15, 0.2) is 30.4 Å². The maximum Gasteiger partial charge on any atom is 0.0547 e. The number of rotatable bonds is 1. The Bertz CT molecular complexity index is 436. The van der Waals surface area contributed by atoms with Crippen molar-refractivity contribution in [1.29, 1.82) is 0 Å². The molecule has 3 rings (SSSR count). The second-order valence-corrected chi connectivity index (χ2v) is 5.03. The highest BCUT2D eigenvalue weighted by Gasteiger charge is 2.40. The number of hydrogen-bond donors (Lipinski definition) is 0. The molecule has 2 atom stereocenters. The maximum atomic E-state index is 6.05. The number of benzene rings is 1. The van der Waals surface area contributed by atoms with E-state index in [4.69, 9.17) is 11.6 Å². The van der Waals surface area contributed by atoms with Crippen molar-refractivity contribution in [2.45, 2.75) is 32.0 Å². The molecule has 0 saturated carbocycles. The molecule has 0 radical (unpaired) electrons. The Hall–Kier alpha value is -0.790. The second-order valence-electron chi connectivity index (χ2n) is 4.59. The summed E-state index contributed by atoms with van der Waals surface area (Å²) in [5, 5.41) is 0.846. The lowest BCUT2D eigenvalue weighted by atomic mass is 9.97. The summed E-state index contributed by atoms with van der Waals surface area (Å²) in [4.78, 5) is 2.53. The van der Waals surface area contributed by atoms with Gasteiger partial charge in [-0.25, -0.2) is 0 Å². The van der Waals surface area contributed by atoms with Gasteiger partial charge in [0.15, 0.2) is 0 Å². The number of hydrogen-bond acceptors (Lipinski definition) is 1. The van der Waals surface area contributed by atoms with Crippen molar-refractivity contribution in [3.8, 4) is 0 Å². The molecule has 2 heteroatoms. The van der Waals surface area contributed by atoms with Crippen LogP contribution in [0.4, 0.5) is 0 Å². The number of halogens is 1. The fourth-order valence-corrected chi connectivity index (χ4v) is 3.00. The Morgan fingerprint density at radius 2 is 1.80 bits per heavy atom. The van der Waals surface area contributed by atoms with Crippen LogP contribution in [0.1, 0.15) is 37.1 Å². The van der Waals surface area contributed by atoms with Gasteiger partial charge in [0.05, 0.1) is 12.1 Å². The standard InChI is InChI=1S/C13H14ClN/c1-8(2)15-12-5-6-13(15)11-7-9(14)3-4-10(11)12/h3-8,12-13H,1-2H3. The third-order valence-corrected chi connectivity index (χ3v) is 3.64. The van der Waals surface area contributed by atoms with E-state index >= 15 is 0 Å². The van der Waals surface area contributed by atoms with Gasteiger partial charge < -0.3 is 0 Å². The van der Waals surface area contributed by atoms with E-state index in [1.807, 2.05) is 6.07 Å². The van der Waals surface area contributed by atoms with Gasteiger partial charge in [0.25, 0.3) is 0 Å². The Morgan fingerprint density at radius 1 is 1.13 bits per heavy atom. The van der Waals surface area contributed by atoms with Crippen LogP contribution in [0.3, 0.4) is 0 Å². The molecular formula is C13H14ClN. The van der Waals surface area contributed by atoms with Crippen LogP contribution >= 0.6 is 11.6 Å². The van der Waals surface area contributed by atoms with E-state index in [-0.39, 0.29) is 0 Å². The summed E-state index contributed by atoms with van der Waals surface area (Å²) in [5.74, 6) is 0. The fourth-order valence-electron chi connectivity index (χ4n) is 2.82. The third-order valence-electron chi connectivity index (χ3n) is 3.40. The van der Waals surface area contributed by atoms with Crippen LogP contribution in [0.25, 0.3) is 0 Å². The highest BCUT2D eigenvalue weighted by Crippen LogP contribution is 2.49. The molecule has 0 aromatic heterocycles. The molecular weight excluding hydrogens is 206 g/mol. The summed E-state index contributed by atoms with van der Waals surface area (Å²) in [6.45, 7) is 4.50. The molecule has 0 fully saturated rings. The highest BCUT2D eigenvalue weighted by molar-refractivity contribution is 6.30. The van der Waals surface area contributed by atoms with Gasteiger partial charge in [0.2, 0.25) is 0 Å². The quantitative estimate of drug-likeness (QED) is 0.651. The van der Waals surface area contributed by atoms with Crippen LogP contribution < -0.4 is 0 Å². The lowest BCUT2D eigenvalue weighted by molar-refractivity contribution is 0.188. The van der Waals surface area contributed by atoms with Crippen molar-refractivity contribution in [3.63, 3.8) is 0 Å². The molecule has 1 aromatic rings. The molecule has 2 unspecified atom stereocenters. The van der Waals surface area contributed by atoms with E-state index in [9.17, 15) is 0 Å². The summed E-state index contributed by atoms with van der Waals surface area (Å²) in [7, 11) is 0. The van der Waals surface area contributed by atoms with E-state index in [0.717, 1.165) is 5.02 Å². The smallest absolute Gasteiger partial charge is 0.0547 e. The van der Waals surface area contributed by atoms with Crippen LogP contribution in [-0.2, 0) is 0 Å². The largest absolute Gasteiger partial charge is 0.280 e. The van der Waals surface area contributed by atoms with Crippen molar-refractivity contribution in [2.24, 2.45) is 0 Å². The molecule has 15 heavy (non-hydrogen) atoms. The Balaban J connectivity index is 2.11. The van der Waals surface area contributed by atoms with Crippen molar-refractivity contribution in [1.82, 2.24) is 4.90 Å². The average molecular weight is 220 g/mol. The van der Waals surface area contributed by atoms with Crippen molar-refractivity contribution in [2.75, 3.05) is 0 Å². The van der Waals surface area contributed by atoms with E-state index in [1.165, 1.54) is 11.1 Å². The number of nitrogens with zero attached hydrogens (tertiary/aromatic N) is 1. The first-order valence-corrected chi connectivity index (χ1v) is 5.81. The van der Waals surface area contributed by atoms with Gasteiger partial charge in [-0.3, -0.25) is 4.90 Å². The minimum Gasteiger partial charge on any atom is -0.280 e. The summed E-state index contributed by atoms with van der Waals surface area (Å²) >= 11 is 6.05. The Morgan fingerprint density at radius 3 is 2.47 bits per heavy atom. The molecule has 0 amide bonds. The van der Waals surface area contributed by atoms with Gasteiger partial charge in [-0.2, -0.15) is 0 Å². The molecule has 0 spiro atoms. The Kier molecular flexibility index (Phi) is 1.95. The molecule has 1 nitrogen and oxygen atoms in total. The van der Waals surface area contributed by atoms with Gasteiger partial charge in [-0.05, 0) is 37.1 Å². The SMILES string of the molecule is CC(C)N1C2C=CC1c1cc(Cl)ccc12. The maximum absolute atomic E-state index is 6.05. The zero-order chi connectivity index (χ0) is 10.6. The fraction of sp³-hybridized carbons (Fsp3) is 0.385. The molecule has 0 saturated heterocycles. The zero-order valence-electron chi connectivity index (χ0n) is 8.94. The highest BCUT2D eigenvalue weighted by atomic mass is 35.5. The van der Waals surface area contributed by atoms with Crippen molar-refractivity contribution < 1.29 is 0 Å². The molecule has 0 aliphatic carbocycles. The number of fused-ring (bicyclic) bond motifs is 5. The topological polar surface area (TPSA) is 3.24 Å². The van der Waals surface area contributed by atoms with Gasteiger partial charge in [-0.15, -0.1) is 0 Å². The van der Waals surface area contributed by atoms with E-state index in [2.05, 4.69) is 43.0 Å². The lowest BCUT2D eigenvalue weighted by Gasteiger charge is -2.26. The first-order valence-electron chi connectivity index (χ1n) is 5.43. The van der Waals surface area contributed by atoms with Crippen molar-refractivity contribution in [3.05, 3.63) is 46.5 Å². The van der Waals surface area contributed by atoms with Crippen molar-refractivity contribution >= 4 is 11.6 Å². The summed E-state index contributed by atoms with van der Waals surface area (Å²) in [5.41, 5.74) is 2.82. The summed E-state index contributed by atoms with van der Waals surface area (Å²) < 4.78 is 0. The van der Waals surface area contributed by atoms with Gasteiger partial charge in [0.1, 0.15) is 0 Å². The summed E-state index contributed by atoms with van der Waals surface area (Å²) in [6.07, 6.45) is 4.60. The van der Waals surface area contributed by atoms with Gasteiger partial charge in [-0.1, -0.05) is 29.8 Å². The van der Waals surface area contributed by atoms with Gasteiger partial charge in [0, 0.05) is 11.1 Å². The first kappa shape index (κ1) is 9.44. The average Bonchev–Trinajstić information content (AvgIpc) is 2.72. The predicted molar refractivity (Wildman–Crippen MR) is 63.0 cm³/mol. The first-order chi connectivity index (χ1) is 7.18. The van der Waals surface area contributed by atoms with Crippen LogP contribution in [0.2, 0.25) is 5.02 Å². The molecule has 2 aliphatic heterocycles. The lowest BCUT2D eigenvalue weighted by Crippen LogP contribution is -2.27. The normalized spacial score (nSPS) is 27.7. The Labute approximate surface area is 95.3 Å². The molecule has 1 aromatic carbocycles. The minimum absolute atomic E-state index is 0.448.